The number of carbonyl (C=O) groups is 1. The maximum absolute atomic E-state index is 13.5. The van der Waals surface area contributed by atoms with E-state index in [-0.39, 0.29) is 11.7 Å². The summed E-state index contributed by atoms with van der Waals surface area (Å²) in [6.45, 7) is 1.30. The van der Waals surface area contributed by atoms with Gasteiger partial charge in [-0.25, -0.2) is 4.39 Å². The summed E-state index contributed by atoms with van der Waals surface area (Å²) in [5.74, 6) is -0.923. The van der Waals surface area contributed by atoms with E-state index in [1.807, 2.05) is 0 Å². The van der Waals surface area contributed by atoms with Crippen molar-refractivity contribution in [2.45, 2.75) is 36.7 Å². The van der Waals surface area contributed by atoms with E-state index in [9.17, 15) is 9.18 Å². The number of amides is 1. The molecule has 2 rings (SSSR count). The second-order valence-electron chi connectivity index (χ2n) is 4.70. The minimum Gasteiger partial charge on any atom is -0.378 e. The van der Waals surface area contributed by atoms with Gasteiger partial charge >= 0.3 is 0 Å². The smallest absolute Gasteiger partial charge is 0.254 e. The fourth-order valence-corrected chi connectivity index (χ4v) is 2.37. The number of hydrogen-bond donors (Lipinski definition) is 2. The van der Waals surface area contributed by atoms with Crippen molar-refractivity contribution in [3.8, 4) is 0 Å². The SMILES string of the molecule is O=C(NCCC1CCCCO1)c1cc(S)ccc1F. The number of halogens is 1. The number of nitrogens with one attached hydrogen (secondary N) is 1. The Kier molecular flexibility index (Phi) is 5.22. The first kappa shape index (κ1) is 14.3. The van der Waals surface area contributed by atoms with E-state index in [0.29, 0.717) is 11.4 Å². The zero-order valence-corrected chi connectivity index (χ0v) is 11.6. The van der Waals surface area contributed by atoms with E-state index >= 15 is 0 Å². The van der Waals surface area contributed by atoms with Gasteiger partial charge in [0.1, 0.15) is 5.82 Å². The average Bonchev–Trinajstić information content (AvgIpc) is 2.42. The lowest BCUT2D eigenvalue weighted by Gasteiger charge is -2.22. The third-order valence-corrected chi connectivity index (χ3v) is 3.50. The zero-order chi connectivity index (χ0) is 13.7. The highest BCUT2D eigenvalue weighted by Gasteiger charge is 2.15. The van der Waals surface area contributed by atoms with Gasteiger partial charge in [-0.3, -0.25) is 4.79 Å². The lowest BCUT2D eigenvalue weighted by molar-refractivity contribution is 0.0117. The third kappa shape index (κ3) is 4.21. The monoisotopic (exact) mass is 283 g/mol. The fourth-order valence-electron chi connectivity index (χ4n) is 2.16. The van der Waals surface area contributed by atoms with Crippen molar-refractivity contribution in [2.75, 3.05) is 13.2 Å². The van der Waals surface area contributed by atoms with Crippen LogP contribution in [0.2, 0.25) is 0 Å². The molecule has 5 heteroatoms. The van der Waals surface area contributed by atoms with Gasteiger partial charge in [-0.1, -0.05) is 0 Å². The molecule has 1 heterocycles. The number of hydrogen-bond acceptors (Lipinski definition) is 3. The van der Waals surface area contributed by atoms with Gasteiger partial charge in [0.15, 0.2) is 0 Å². The van der Waals surface area contributed by atoms with Crippen molar-refractivity contribution in [3.05, 3.63) is 29.6 Å². The number of thiol groups is 1. The Balaban J connectivity index is 1.82. The summed E-state index contributed by atoms with van der Waals surface area (Å²) in [7, 11) is 0. The second kappa shape index (κ2) is 6.91. The predicted octanol–water partition coefficient (Wildman–Crippen LogP) is 2.80. The summed E-state index contributed by atoms with van der Waals surface area (Å²) in [5, 5.41) is 2.72. The molecule has 0 spiro atoms. The normalized spacial score (nSPS) is 19.2. The first-order valence-corrected chi connectivity index (χ1v) is 7.00. The van der Waals surface area contributed by atoms with Crippen LogP contribution in [0, 0.1) is 5.82 Å². The molecule has 1 saturated heterocycles. The average molecular weight is 283 g/mol. The molecule has 0 aliphatic carbocycles. The van der Waals surface area contributed by atoms with Crippen molar-refractivity contribution in [3.63, 3.8) is 0 Å². The molecule has 1 aromatic carbocycles. The van der Waals surface area contributed by atoms with Gasteiger partial charge in [0.05, 0.1) is 11.7 Å². The summed E-state index contributed by atoms with van der Waals surface area (Å²) >= 11 is 4.10. The quantitative estimate of drug-likeness (QED) is 0.834. The van der Waals surface area contributed by atoms with Gasteiger partial charge in [-0.2, -0.15) is 0 Å². The number of benzene rings is 1. The Labute approximate surface area is 117 Å². The molecule has 1 fully saturated rings. The molecule has 0 aromatic heterocycles. The Hall–Kier alpha value is -1.07. The second-order valence-corrected chi connectivity index (χ2v) is 5.21. The molecule has 0 saturated carbocycles. The zero-order valence-electron chi connectivity index (χ0n) is 10.7. The van der Waals surface area contributed by atoms with Gasteiger partial charge in [-0.05, 0) is 43.9 Å². The van der Waals surface area contributed by atoms with E-state index in [0.717, 1.165) is 25.9 Å². The molecule has 1 aromatic rings. The molecule has 0 bridgehead atoms. The van der Waals surface area contributed by atoms with E-state index in [4.69, 9.17) is 4.74 Å². The minimum absolute atomic E-state index is 0.0389. The number of rotatable bonds is 4. The first-order valence-electron chi connectivity index (χ1n) is 6.55. The van der Waals surface area contributed by atoms with Crippen LogP contribution in [0.15, 0.2) is 23.1 Å². The summed E-state index contributed by atoms with van der Waals surface area (Å²) in [6, 6.07) is 4.21. The van der Waals surface area contributed by atoms with E-state index in [1.54, 1.807) is 0 Å². The van der Waals surface area contributed by atoms with Gasteiger partial charge in [0, 0.05) is 18.0 Å². The molecule has 1 N–H and O–H groups in total. The Bertz CT molecular complexity index is 447. The lowest BCUT2D eigenvalue weighted by Crippen LogP contribution is -2.29. The minimum atomic E-state index is -0.524. The number of carbonyl (C=O) groups excluding carboxylic acids is 1. The summed E-state index contributed by atoms with van der Waals surface area (Å²) in [6.07, 6.45) is 4.32. The van der Waals surface area contributed by atoms with Crippen LogP contribution in [-0.2, 0) is 4.74 Å². The van der Waals surface area contributed by atoms with Gasteiger partial charge in [0.25, 0.3) is 5.91 Å². The maximum Gasteiger partial charge on any atom is 0.254 e. The molecule has 19 heavy (non-hydrogen) atoms. The first-order chi connectivity index (χ1) is 9.16. The van der Waals surface area contributed by atoms with Crippen LogP contribution in [0.4, 0.5) is 4.39 Å². The summed E-state index contributed by atoms with van der Waals surface area (Å²) in [4.78, 5) is 12.4. The molecule has 104 valence electrons. The molecular weight excluding hydrogens is 265 g/mol. The molecule has 0 radical (unpaired) electrons. The molecule has 1 amide bonds. The molecule has 3 nitrogen and oxygen atoms in total. The van der Waals surface area contributed by atoms with Crippen LogP contribution in [0.5, 0.6) is 0 Å². The van der Waals surface area contributed by atoms with E-state index in [1.165, 1.54) is 24.6 Å². The van der Waals surface area contributed by atoms with Crippen molar-refractivity contribution in [1.82, 2.24) is 5.32 Å². The van der Waals surface area contributed by atoms with Crippen LogP contribution in [0.3, 0.4) is 0 Å². The largest absolute Gasteiger partial charge is 0.378 e. The Morgan fingerprint density at radius 1 is 1.47 bits per heavy atom. The van der Waals surface area contributed by atoms with Gasteiger partial charge < -0.3 is 10.1 Å². The van der Waals surface area contributed by atoms with Crippen LogP contribution in [-0.4, -0.2) is 25.2 Å². The Morgan fingerprint density at radius 3 is 3.05 bits per heavy atom. The van der Waals surface area contributed by atoms with Gasteiger partial charge in [-0.15, -0.1) is 12.6 Å². The van der Waals surface area contributed by atoms with E-state index < -0.39 is 11.7 Å². The highest BCUT2D eigenvalue weighted by Crippen LogP contribution is 2.16. The fraction of sp³-hybridized carbons (Fsp3) is 0.500. The third-order valence-electron chi connectivity index (χ3n) is 3.22. The van der Waals surface area contributed by atoms with Gasteiger partial charge in [0.2, 0.25) is 0 Å². The standard InChI is InChI=1S/C14H18FNO2S/c15-13-5-4-11(19)9-12(13)14(17)16-7-6-10-3-1-2-8-18-10/h4-5,9-10,19H,1-3,6-8H2,(H,16,17). The van der Waals surface area contributed by atoms with Crippen LogP contribution < -0.4 is 5.32 Å². The molecular formula is C14H18FNO2S. The van der Waals surface area contributed by atoms with Crippen molar-refractivity contribution in [2.24, 2.45) is 0 Å². The lowest BCUT2D eigenvalue weighted by atomic mass is 10.1. The molecule has 1 atom stereocenters. The van der Waals surface area contributed by atoms with Crippen molar-refractivity contribution in [1.29, 1.82) is 0 Å². The van der Waals surface area contributed by atoms with E-state index in [2.05, 4.69) is 17.9 Å². The highest BCUT2D eigenvalue weighted by molar-refractivity contribution is 7.80. The van der Waals surface area contributed by atoms with Crippen LogP contribution >= 0.6 is 12.6 Å². The molecule has 1 unspecified atom stereocenters. The predicted molar refractivity (Wildman–Crippen MR) is 74.2 cm³/mol. The topological polar surface area (TPSA) is 38.3 Å². The van der Waals surface area contributed by atoms with Crippen molar-refractivity contribution < 1.29 is 13.9 Å². The highest BCUT2D eigenvalue weighted by atomic mass is 32.1. The Morgan fingerprint density at radius 2 is 2.32 bits per heavy atom. The summed E-state index contributed by atoms with van der Waals surface area (Å²) < 4.78 is 19.1. The molecule has 1 aliphatic heterocycles. The summed E-state index contributed by atoms with van der Waals surface area (Å²) in [5.41, 5.74) is 0.0389. The maximum atomic E-state index is 13.5. The van der Waals surface area contributed by atoms with Crippen molar-refractivity contribution >= 4 is 18.5 Å². The number of ether oxygens (including phenoxy) is 1. The van der Waals surface area contributed by atoms with Crippen LogP contribution in [0.1, 0.15) is 36.0 Å². The molecule has 1 aliphatic rings. The van der Waals surface area contributed by atoms with Crippen LogP contribution in [0.25, 0.3) is 0 Å².